The first-order valence-electron chi connectivity index (χ1n) is 9.33. The molecule has 31 heavy (non-hydrogen) atoms. The van der Waals surface area contributed by atoms with E-state index in [0.717, 1.165) is 0 Å². The first-order valence-corrected chi connectivity index (χ1v) is 10.5. The van der Waals surface area contributed by atoms with Crippen LogP contribution >= 0.6 is 34.8 Å². The van der Waals surface area contributed by atoms with Gasteiger partial charge in [0, 0.05) is 15.7 Å². The van der Waals surface area contributed by atoms with Gasteiger partial charge in [0.2, 0.25) is 5.89 Å². The number of anilines is 1. The van der Waals surface area contributed by atoms with E-state index in [4.69, 9.17) is 44.0 Å². The number of rotatable bonds is 5. The average Bonchev–Trinajstić information content (AvgIpc) is 3.14. The molecule has 1 N–H and O–H groups in total. The van der Waals surface area contributed by atoms with E-state index in [2.05, 4.69) is 10.3 Å². The zero-order valence-electron chi connectivity index (χ0n) is 16.6. The number of nitrogens with one attached hydrogen (secondary N) is 1. The van der Waals surface area contributed by atoms with Gasteiger partial charge < -0.3 is 14.5 Å². The third kappa shape index (κ3) is 4.79. The largest absolute Gasteiger partial charge is 0.478 e. The summed E-state index contributed by atoms with van der Waals surface area (Å²) in [6, 6.07) is 17.0. The second-order valence-corrected chi connectivity index (χ2v) is 8.63. The van der Waals surface area contributed by atoms with Gasteiger partial charge in [0.05, 0.1) is 10.6 Å². The number of nitrogens with zero attached hydrogens (tertiary/aromatic N) is 1. The Labute approximate surface area is 193 Å². The molecule has 0 aliphatic heterocycles. The van der Waals surface area contributed by atoms with Gasteiger partial charge in [0.15, 0.2) is 11.2 Å². The Hall–Kier alpha value is -2.73. The summed E-state index contributed by atoms with van der Waals surface area (Å²) in [6.07, 6.45) is 0. The van der Waals surface area contributed by atoms with Gasteiger partial charge in [-0.15, -0.1) is 0 Å². The molecule has 158 valence electrons. The molecule has 0 saturated carbocycles. The molecule has 1 aromatic heterocycles. The Morgan fingerprint density at radius 3 is 2.42 bits per heavy atom. The van der Waals surface area contributed by atoms with Crippen LogP contribution in [0.15, 0.2) is 65.1 Å². The van der Waals surface area contributed by atoms with Crippen LogP contribution in [0.3, 0.4) is 0 Å². The highest BCUT2D eigenvalue weighted by Gasteiger charge is 2.30. The molecule has 0 unspecified atom stereocenters. The van der Waals surface area contributed by atoms with Crippen LogP contribution < -0.4 is 10.1 Å². The minimum absolute atomic E-state index is 0.329. The molecule has 1 amide bonds. The molecule has 3 aromatic carbocycles. The molecule has 0 fully saturated rings. The number of halogens is 3. The minimum Gasteiger partial charge on any atom is -0.478 e. The highest BCUT2D eigenvalue weighted by Crippen LogP contribution is 2.33. The lowest BCUT2D eigenvalue weighted by molar-refractivity contribution is -0.128. The van der Waals surface area contributed by atoms with Gasteiger partial charge in [0.1, 0.15) is 11.3 Å². The van der Waals surface area contributed by atoms with Crippen molar-refractivity contribution in [3.63, 3.8) is 0 Å². The van der Waals surface area contributed by atoms with Crippen molar-refractivity contribution in [3.8, 4) is 17.2 Å². The molecule has 0 bridgehead atoms. The Balaban J connectivity index is 1.57. The molecule has 4 aromatic rings. The van der Waals surface area contributed by atoms with Crippen LogP contribution in [-0.2, 0) is 4.79 Å². The second-order valence-electron chi connectivity index (χ2n) is 7.35. The number of oxazole rings is 1. The lowest BCUT2D eigenvalue weighted by Crippen LogP contribution is -2.42. The summed E-state index contributed by atoms with van der Waals surface area (Å²) in [5, 5.41) is 4.44. The maximum Gasteiger partial charge on any atom is 0.267 e. The molecule has 0 aliphatic carbocycles. The molecule has 5 nitrogen and oxygen atoms in total. The number of hydrogen-bond acceptors (Lipinski definition) is 4. The average molecular weight is 476 g/mol. The predicted octanol–water partition coefficient (Wildman–Crippen LogP) is 7.25. The van der Waals surface area contributed by atoms with Crippen LogP contribution in [0.4, 0.5) is 5.69 Å². The molecule has 4 rings (SSSR count). The maximum absolute atomic E-state index is 12.9. The molecule has 0 atom stereocenters. The van der Waals surface area contributed by atoms with Crippen molar-refractivity contribution in [2.24, 2.45) is 0 Å². The lowest BCUT2D eigenvalue weighted by atomic mass is 10.1. The minimum atomic E-state index is -1.14. The second kappa shape index (κ2) is 8.42. The van der Waals surface area contributed by atoms with E-state index in [1.807, 2.05) is 0 Å². The molecular formula is C23H17Cl3N2O3. The third-order valence-corrected chi connectivity index (χ3v) is 5.35. The Morgan fingerprint density at radius 1 is 0.968 bits per heavy atom. The highest BCUT2D eigenvalue weighted by molar-refractivity contribution is 6.33. The summed E-state index contributed by atoms with van der Waals surface area (Å²) in [5.74, 6) is 0.529. The molecular weight excluding hydrogens is 459 g/mol. The van der Waals surface area contributed by atoms with Crippen molar-refractivity contribution in [1.82, 2.24) is 4.98 Å². The van der Waals surface area contributed by atoms with Crippen LogP contribution in [-0.4, -0.2) is 16.5 Å². The van der Waals surface area contributed by atoms with Crippen molar-refractivity contribution in [1.29, 1.82) is 0 Å². The summed E-state index contributed by atoms with van der Waals surface area (Å²) in [5.41, 5.74) is 1.13. The van der Waals surface area contributed by atoms with E-state index >= 15 is 0 Å². The molecule has 0 spiro atoms. The van der Waals surface area contributed by atoms with Crippen LogP contribution in [0.1, 0.15) is 13.8 Å². The van der Waals surface area contributed by atoms with Gasteiger partial charge in [-0.2, -0.15) is 0 Å². The predicted molar refractivity (Wildman–Crippen MR) is 124 cm³/mol. The summed E-state index contributed by atoms with van der Waals surface area (Å²) in [7, 11) is 0. The molecule has 1 heterocycles. The quantitative estimate of drug-likeness (QED) is 0.330. The van der Waals surface area contributed by atoms with E-state index in [0.29, 0.717) is 49.1 Å². The maximum atomic E-state index is 12.9. The molecule has 8 heteroatoms. The molecule has 0 aliphatic rings. The number of benzene rings is 3. The number of carbonyl (C=O) groups is 1. The first-order chi connectivity index (χ1) is 14.7. The van der Waals surface area contributed by atoms with Crippen molar-refractivity contribution >= 4 is 57.5 Å². The van der Waals surface area contributed by atoms with E-state index < -0.39 is 5.60 Å². The van der Waals surface area contributed by atoms with E-state index in [9.17, 15) is 4.79 Å². The van der Waals surface area contributed by atoms with Crippen molar-refractivity contribution in [2.75, 3.05) is 5.32 Å². The topological polar surface area (TPSA) is 64.4 Å². The number of aromatic nitrogens is 1. The van der Waals surface area contributed by atoms with E-state index in [1.54, 1.807) is 74.5 Å². The fourth-order valence-corrected chi connectivity index (χ4v) is 3.40. The summed E-state index contributed by atoms with van der Waals surface area (Å²) in [6.45, 7) is 3.36. The van der Waals surface area contributed by atoms with Crippen molar-refractivity contribution in [3.05, 3.63) is 75.7 Å². The fraction of sp³-hybridized carbons (Fsp3) is 0.130. The Kier molecular flexibility index (Phi) is 5.84. The zero-order chi connectivity index (χ0) is 22.2. The first kappa shape index (κ1) is 21.5. The van der Waals surface area contributed by atoms with Crippen LogP contribution in [0.5, 0.6) is 5.75 Å². The van der Waals surface area contributed by atoms with Gasteiger partial charge in [-0.1, -0.05) is 34.8 Å². The normalized spacial score (nSPS) is 11.5. The van der Waals surface area contributed by atoms with E-state index in [1.165, 1.54) is 0 Å². The Bertz CT molecular complexity index is 1270. The molecule has 0 radical (unpaired) electrons. The molecule has 0 saturated heterocycles. The van der Waals surface area contributed by atoms with Crippen LogP contribution in [0.2, 0.25) is 15.1 Å². The monoisotopic (exact) mass is 474 g/mol. The standard InChI is InChI=1S/C23H17Cl3N2O3/c1-23(2,31-16-7-3-13(24)4-8-16)22(29)27-15-6-9-18(26)17(12-15)21-28-19-11-14(25)5-10-20(19)30-21/h3-12H,1-2H3,(H,27,29). The zero-order valence-corrected chi connectivity index (χ0v) is 18.8. The van der Waals surface area contributed by atoms with Gasteiger partial charge in [-0.05, 0) is 74.5 Å². The van der Waals surface area contributed by atoms with Crippen molar-refractivity contribution < 1.29 is 13.9 Å². The summed E-state index contributed by atoms with van der Waals surface area (Å²) >= 11 is 18.3. The smallest absolute Gasteiger partial charge is 0.267 e. The van der Waals surface area contributed by atoms with Gasteiger partial charge in [0.25, 0.3) is 5.91 Å². The summed E-state index contributed by atoms with van der Waals surface area (Å²) < 4.78 is 11.6. The number of amides is 1. The number of ether oxygens (including phenoxy) is 1. The highest BCUT2D eigenvalue weighted by atomic mass is 35.5. The van der Waals surface area contributed by atoms with Crippen LogP contribution in [0.25, 0.3) is 22.6 Å². The fourth-order valence-electron chi connectivity index (χ4n) is 2.91. The number of hydrogen-bond donors (Lipinski definition) is 1. The third-order valence-electron chi connectivity index (χ3n) is 4.54. The Morgan fingerprint density at radius 2 is 1.68 bits per heavy atom. The van der Waals surface area contributed by atoms with Crippen molar-refractivity contribution in [2.45, 2.75) is 19.4 Å². The van der Waals surface area contributed by atoms with Gasteiger partial charge >= 0.3 is 0 Å². The van der Waals surface area contributed by atoms with Crippen LogP contribution in [0, 0.1) is 0 Å². The number of carbonyl (C=O) groups excluding carboxylic acids is 1. The summed E-state index contributed by atoms with van der Waals surface area (Å²) in [4.78, 5) is 17.3. The van der Waals surface area contributed by atoms with Gasteiger partial charge in [-0.3, -0.25) is 4.79 Å². The lowest BCUT2D eigenvalue weighted by Gasteiger charge is -2.25. The van der Waals surface area contributed by atoms with E-state index in [-0.39, 0.29) is 5.91 Å². The number of fused-ring (bicyclic) bond motifs is 1. The SMILES string of the molecule is CC(C)(Oc1ccc(Cl)cc1)C(=O)Nc1ccc(Cl)c(-c2nc3cc(Cl)ccc3o2)c1. The van der Waals surface area contributed by atoms with Gasteiger partial charge in [-0.25, -0.2) is 4.98 Å².